The van der Waals surface area contributed by atoms with E-state index in [2.05, 4.69) is 6.58 Å². The van der Waals surface area contributed by atoms with Crippen LogP contribution in [-0.2, 0) is 14.3 Å². The maximum absolute atomic E-state index is 10.9. The molecule has 0 aliphatic carbocycles. The quantitative estimate of drug-likeness (QED) is 0.413. The Bertz CT molecular complexity index is 348. The van der Waals surface area contributed by atoms with Crippen molar-refractivity contribution in [3.05, 3.63) is 43.0 Å². The minimum absolute atomic E-state index is 0.0353. The molecule has 4 nitrogen and oxygen atoms in total. The van der Waals surface area contributed by atoms with E-state index in [0.29, 0.717) is 12.4 Å². The Hall–Kier alpha value is -1.81. The first-order valence-electron chi connectivity index (χ1n) is 5.38. The van der Waals surface area contributed by atoms with Gasteiger partial charge in [0.25, 0.3) is 0 Å². The first-order chi connectivity index (χ1) is 8.26. The second-order valence-electron chi connectivity index (χ2n) is 3.15. The van der Waals surface area contributed by atoms with Crippen LogP contribution in [0.25, 0.3) is 0 Å². The topological polar surface area (TPSA) is 44.8 Å². The van der Waals surface area contributed by atoms with E-state index in [0.717, 1.165) is 6.08 Å². The zero-order valence-corrected chi connectivity index (χ0v) is 9.80. The molecule has 1 atom stereocenters. The fourth-order valence-corrected chi connectivity index (χ4v) is 1.16. The lowest BCUT2D eigenvalue weighted by atomic mass is 10.3. The lowest BCUT2D eigenvalue weighted by Gasteiger charge is -2.18. The average Bonchev–Trinajstić information content (AvgIpc) is 2.37. The monoisotopic (exact) mass is 236 g/mol. The van der Waals surface area contributed by atoms with Crippen molar-refractivity contribution in [1.29, 1.82) is 0 Å². The number of ether oxygens (including phenoxy) is 3. The zero-order chi connectivity index (χ0) is 12.5. The van der Waals surface area contributed by atoms with Crippen molar-refractivity contribution in [2.45, 2.75) is 13.2 Å². The molecule has 92 valence electrons. The number of hydrogen-bond acceptors (Lipinski definition) is 4. The van der Waals surface area contributed by atoms with Crippen molar-refractivity contribution in [2.75, 3.05) is 13.2 Å². The molecule has 0 spiro atoms. The van der Waals surface area contributed by atoms with Crippen LogP contribution in [0.2, 0.25) is 0 Å². The number of esters is 1. The summed E-state index contributed by atoms with van der Waals surface area (Å²) in [6.45, 7) is 5.67. The summed E-state index contributed by atoms with van der Waals surface area (Å²) in [5.74, 6) is 0.173. The summed E-state index contributed by atoms with van der Waals surface area (Å²) >= 11 is 0. The third-order valence-corrected chi connectivity index (χ3v) is 1.89. The molecule has 0 aromatic heterocycles. The number of para-hydroxylation sites is 1. The van der Waals surface area contributed by atoms with Gasteiger partial charge in [-0.15, -0.1) is 0 Å². The standard InChI is InChI=1S/C13H16O4/c1-3-12(14)16-10-13(15-4-2)17-11-8-6-5-7-9-11/h3,5-9,13H,1,4,10H2,2H3. The molecule has 0 saturated heterocycles. The van der Waals surface area contributed by atoms with Gasteiger partial charge in [-0.2, -0.15) is 0 Å². The molecule has 4 heteroatoms. The first-order valence-corrected chi connectivity index (χ1v) is 5.38. The predicted octanol–water partition coefficient (Wildman–Crippen LogP) is 2.16. The molecule has 0 heterocycles. The molecule has 0 N–H and O–H groups in total. The molecule has 0 amide bonds. The molecule has 1 unspecified atom stereocenters. The van der Waals surface area contributed by atoms with Gasteiger partial charge in [0.05, 0.1) is 0 Å². The predicted molar refractivity (Wildman–Crippen MR) is 63.6 cm³/mol. The lowest BCUT2D eigenvalue weighted by Crippen LogP contribution is -2.27. The second-order valence-corrected chi connectivity index (χ2v) is 3.15. The van der Waals surface area contributed by atoms with E-state index < -0.39 is 12.3 Å². The number of hydrogen-bond donors (Lipinski definition) is 0. The summed E-state index contributed by atoms with van der Waals surface area (Å²) in [4.78, 5) is 10.9. The van der Waals surface area contributed by atoms with Crippen molar-refractivity contribution >= 4 is 5.97 Å². The van der Waals surface area contributed by atoms with Crippen molar-refractivity contribution in [1.82, 2.24) is 0 Å². The first kappa shape index (κ1) is 13.3. The van der Waals surface area contributed by atoms with Gasteiger partial charge in [0.1, 0.15) is 5.75 Å². The van der Waals surface area contributed by atoms with Crippen molar-refractivity contribution in [3.8, 4) is 5.75 Å². The lowest BCUT2D eigenvalue weighted by molar-refractivity contribution is -0.154. The molecule has 0 aliphatic heterocycles. The van der Waals surface area contributed by atoms with Crippen molar-refractivity contribution in [3.63, 3.8) is 0 Å². The van der Waals surface area contributed by atoms with Gasteiger partial charge in [-0.25, -0.2) is 4.79 Å². The van der Waals surface area contributed by atoms with Crippen LogP contribution >= 0.6 is 0 Å². The van der Waals surface area contributed by atoms with Crippen LogP contribution in [0.1, 0.15) is 6.92 Å². The molecule has 1 rings (SSSR count). The van der Waals surface area contributed by atoms with Crippen LogP contribution in [0.15, 0.2) is 43.0 Å². The average molecular weight is 236 g/mol. The highest BCUT2D eigenvalue weighted by atomic mass is 16.7. The van der Waals surface area contributed by atoms with E-state index in [9.17, 15) is 4.79 Å². The molecule has 0 saturated carbocycles. The Balaban J connectivity index is 2.48. The highest BCUT2D eigenvalue weighted by molar-refractivity contribution is 5.81. The van der Waals surface area contributed by atoms with E-state index in [1.165, 1.54) is 0 Å². The Morgan fingerprint density at radius 1 is 1.41 bits per heavy atom. The molecular formula is C13H16O4. The van der Waals surface area contributed by atoms with E-state index in [4.69, 9.17) is 14.2 Å². The Morgan fingerprint density at radius 3 is 2.71 bits per heavy atom. The minimum Gasteiger partial charge on any atom is -0.461 e. The van der Waals surface area contributed by atoms with Crippen LogP contribution in [-0.4, -0.2) is 25.5 Å². The van der Waals surface area contributed by atoms with Crippen LogP contribution in [0, 0.1) is 0 Å². The molecule has 0 bridgehead atoms. The third-order valence-electron chi connectivity index (χ3n) is 1.89. The van der Waals surface area contributed by atoms with Crippen LogP contribution in [0.5, 0.6) is 5.75 Å². The van der Waals surface area contributed by atoms with Crippen molar-refractivity contribution in [2.24, 2.45) is 0 Å². The van der Waals surface area contributed by atoms with Gasteiger partial charge >= 0.3 is 5.97 Å². The summed E-state index contributed by atoms with van der Waals surface area (Å²) < 4.78 is 15.7. The fraction of sp³-hybridized carbons (Fsp3) is 0.308. The van der Waals surface area contributed by atoms with Crippen molar-refractivity contribution < 1.29 is 19.0 Å². The second kappa shape index (κ2) is 7.46. The third kappa shape index (κ3) is 5.17. The van der Waals surface area contributed by atoms with E-state index in [1.807, 2.05) is 25.1 Å². The molecule has 17 heavy (non-hydrogen) atoms. The molecule has 1 aromatic carbocycles. The van der Waals surface area contributed by atoms with Gasteiger partial charge < -0.3 is 14.2 Å². The highest BCUT2D eigenvalue weighted by Crippen LogP contribution is 2.11. The van der Waals surface area contributed by atoms with Gasteiger partial charge in [0.2, 0.25) is 6.29 Å². The van der Waals surface area contributed by atoms with Gasteiger partial charge in [0, 0.05) is 12.7 Å². The normalized spacial score (nSPS) is 11.6. The molecule has 0 aliphatic rings. The number of carbonyl (C=O) groups is 1. The smallest absolute Gasteiger partial charge is 0.330 e. The maximum Gasteiger partial charge on any atom is 0.330 e. The maximum atomic E-state index is 10.9. The van der Waals surface area contributed by atoms with Crippen LogP contribution < -0.4 is 4.74 Å². The molecular weight excluding hydrogens is 220 g/mol. The highest BCUT2D eigenvalue weighted by Gasteiger charge is 2.12. The molecule has 0 radical (unpaired) electrons. The number of benzene rings is 1. The van der Waals surface area contributed by atoms with Gasteiger partial charge in [0.15, 0.2) is 6.61 Å². The SMILES string of the molecule is C=CC(=O)OCC(OCC)Oc1ccccc1. The van der Waals surface area contributed by atoms with Gasteiger partial charge in [-0.3, -0.25) is 0 Å². The summed E-state index contributed by atoms with van der Waals surface area (Å²) in [6.07, 6.45) is 0.497. The van der Waals surface area contributed by atoms with E-state index in [-0.39, 0.29) is 6.61 Å². The minimum atomic E-state index is -0.605. The van der Waals surface area contributed by atoms with Gasteiger partial charge in [-0.05, 0) is 19.1 Å². The van der Waals surface area contributed by atoms with Crippen LogP contribution in [0.4, 0.5) is 0 Å². The largest absolute Gasteiger partial charge is 0.461 e. The molecule has 0 fully saturated rings. The summed E-state index contributed by atoms with van der Waals surface area (Å²) in [5.41, 5.74) is 0. The number of rotatable bonds is 7. The number of carbonyl (C=O) groups excluding carboxylic acids is 1. The Labute approximate surface area is 101 Å². The Kier molecular flexibility index (Phi) is 5.82. The summed E-state index contributed by atoms with van der Waals surface area (Å²) in [7, 11) is 0. The van der Waals surface area contributed by atoms with E-state index in [1.54, 1.807) is 12.1 Å². The van der Waals surface area contributed by atoms with Gasteiger partial charge in [-0.1, -0.05) is 24.8 Å². The van der Waals surface area contributed by atoms with Crippen LogP contribution in [0.3, 0.4) is 0 Å². The summed E-state index contributed by atoms with van der Waals surface area (Å²) in [6, 6.07) is 9.21. The fourth-order valence-electron chi connectivity index (χ4n) is 1.16. The zero-order valence-electron chi connectivity index (χ0n) is 9.80. The Morgan fingerprint density at radius 2 is 2.12 bits per heavy atom. The summed E-state index contributed by atoms with van der Waals surface area (Å²) in [5, 5.41) is 0. The van der Waals surface area contributed by atoms with E-state index >= 15 is 0 Å². The molecule has 1 aromatic rings.